The number of carbonyl (C=O) groups is 1. The Labute approximate surface area is 196 Å². The van der Waals surface area contributed by atoms with Crippen molar-refractivity contribution in [2.45, 2.75) is 13.0 Å². The molecule has 3 aromatic rings. The molecule has 2 amide bonds. The van der Waals surface area contributed by atoms with E-state index in [-0.39, 0.29) is 6.03 Å². The molecule has 3 aromatic carbocycles. The molecule has 5 nitrogen and oxygen atoms in total. The van der Waals surface area contributed by atoms with Crippen LogP contribution in [0.2, 0.25) is 0 Å². The standard InChI is InChI=1S/C28H29N3O2/c1-33-27-15-13-25(14-16-27)22-30-17-6-18-31(20-19-30)28(32)29-26-10-5-9-24(21-26)12-11-23-7-3-2-4-8-23/h2-5,7-10,13-16,21H,6,17-20,22H2,1H3,(H,29,32). The molecule has 1 fully saturated rings. The highest BCUT2D eigenvalue weighted by atomic mass is 16.5. The minimum absolute atomic E-state index is 0.0607. The molecule has 33 heavy (non-hydrogen) atoms. The van der Waals surface area contributed by atoms with Crippen molar-refractivity contribution in [3.63, 3.8) is 0 Å². The third-order valence-corrected chi connectivity index (χ3v) is 5.68. The van der Waals surface area contributed by atoms with Gasteiger partial charge in [-0.1, -0.05) is 48.2 Å². The van der Waals surface area contributed by atoms with Crippen LogP contribution in [0.15, 0.2) is 78.9 Å². The molecule has 168 valence electrons. The maximum Gasteiger partial charge on any atom is 0.321 e. The number of benzene rings is 3. The van der Waals surface area contributed by atoms with Gasteiger partial charge in [-0.15, -0.1) is 0 Å². The molecule has 0 atom stereocenters. The number of amides is 2. The van der Waals surface area contributed by atoms with Crippen molar-refractivity contribution in [2.24, 2.45) is 0 Å². The first-order valence-electron chi connectivity index (χ1n) is 11.3. The molecular formula is C28H29N3O2. The fourth-order valence-electron chi connectivity index (χ4n) is 3.86. The van der Waals surface area contributed by atoms with Gasteiger partial charge in [0.25, 0.3) is 0 Å². The number of carbonyl (C=O) groups excluding carboxylic acids is 1. The van der Waals surface area contributed by atoms with Gasteiger partial charge in [-0.05, 0) is 54.4 Å². The van der Waals surface area contributed by atoms with E-state index in [1.54, 1.807) is 7.11 Å². The van der Waals surface area contributed by atoms with Gasteiger partial charge in [0.15, 0.2) is 0 Å². The summed E-state index contributed by atoms with van der Waals surface area (Å²) in [7, 11) is 1.68. The minimum atomic E-state index is -0.0607. The first-order valence-corrected chi connectivity index (χ1v) is 11.3. The second-order valence-electron chi connectivity index (χ2n) is 8.09. The molecule has 0 saturated carbocycles. The molecule has 1 N–H and O–H groups in total. The monoisotopic (exact) mass is 439 g/mol. The Kier molecular flexibility index (Phi) is 7.63. The normalized spacial score (nSPS) is 14.0. The number of anilines is 1. The lowest BCUT2D eigenvalue weighted by Gasteiger charge is -2.22. The first kappa shape index (κ1) is 22.4. The van der Waals surface area contributed by atoms with Crippen molar-refractivity contribution in [1.29, 1.82) is 0 Å². The molecule has 1 aliphatic rings. The highest BCUT2D eigenvalue weighted by Crippen LogP contribution is 2.16. The predicted octanol–water partition coefficient (Wildman–Crippen LogP) is 4.83. The number of hydrogen-bond acceptors (Lipinski definition) is 3. The highest BCUT2D eigenvalue weighted by molar-refractivity contribution is 5.89. The van der Waals surface area contributed by atoms with Crippen LogP contribution in [0.3, 0.4) is 0 Å². The van der Waals surface area contributed by atoms with E-state index in [2.05, 4.69) is 34.2 Å². The van der Waals surface area contributed by atoms with E-state index in [4.69, 9.17) is 4.74 Å². The van der Waals surface area contributed by atoms with Crippen LogP contribution in [-0.4, -0.2) is 49.1 Å². The smallest absolute Gasteiger partial charge is 0.321 e. The average molecular weight is 440 g/mol. The third kappa shape index (κ3) is 6.61. The lowest BCUT2D eigenvalue weighted by Crippen LogP contribution is -2.38. The molecule has 1 saturated heterocycles. The summed E-state index contributed by atoms with van der Waals surface area (Å²) in [6.07, 6.45) is 0.951. The third-order valence-electron chi connectivity index (χ3n) is 5.68. The van der Waals surface area contributed by atoms with Gasteiger partial charge in [-0.2, -0.15) is 0 Å². The van der Waals surface area contributed by atoms with Crippen LogP contribution in [0.5, 0.6) is 5.75 Å². The summed E-state index contributed by atoms with van der Waals surface area (Å²) in [6.45, 7) is 4.15. The molecule has 1 aliphatic heterocycles. The summed E-state index contributed by atoms with van der Waals surface area (Å²) in [6, 6.07) is 25.7. The maximum atomic E-state index is 12.9. The van der Waals surface area contributed by atoms with Crippen LogP contribution < -0.4 is 10.1 Å². The van der Waals surface area contributed by atoms with Gasteiger partial charge in [0, 0.05) is 49.5 Å². The number of methoxy groups -OCH3 is 1. The van der Waals surface area contributed by atoms with Gasteiger partial charge in [-0.25, -0.2) is 4.79 Å². The highest BCUT2D eigenvalue weighted by Gasteiger charge is 2.19. The molecule has 0 aromatic heterocycles. The van der Waals surface area contributed by atoms with Crippen LogP contribution in [0.1, 0.15) is 23.1 Å². The Balaban J connectivity index is 1.32. The van der Waals surface area contributed by atoms with Crippen LogP contribution in [0.4, 0.5) is 10.5 Å². The van der Waals surface area contributed by atoms with Gasteiger partial charge in [-0.3, -0.25) is 4.90 Å². The fraction of sp³-hybridized carbons (Fsp3) is 0.250. The van der Waals surface area contributed by atoms with Gasteiger partial charge in [0.2, 0.25) is 0 Å². The molecule has 4 rings (SSSR count). The van der Waals surface area contributed by atoms with Crippen molar-refractivity contribution in [1.82, 2.24) is 9.80 Å². The zero-order valence-corrected chi connectivity index (χ0v) is 19.0. The summed E-state index contributed by atoms with van der Waals surface area (Å²) >= 11 is 0. The van der Waals surface area contributed by atoms with Gasteiger partial charge < -0.3 is 15.0 Å². The summed E-state index contributed by atoms with van der Waals surface area (Å²) < 4.78 is 5.24. The van der Waals surface area contributed by atoms with Crippen LogP contribution >= 0.6 is 0 Å². The second-order valence-corrected chi connectivity index (χ2v) is 8.09. The fourth-order valence-corrected chi connectivity index (χ4v) is 3.86. The summed E-state index contributed by atoms with van der Waals surface area (Å²) in [4.78, 5) is 17.2. The van der Waals surface area contributed by atoms with Gasteiger partial charge >= 0.3 is 6.03 Å². The maximum absolute atomic E-state index is 12.9. The van der Waals surface area contributed by atoms with E-state index < -0.39 is 0 Å². The van der Waals surface area contributed by atoms with E-state index in [1.165, 1.54) is 5.56 Å². The molecular weight excluding hydrogens is 410 g/mol. The van der Waals surface area contributed by atoms with Crippen molar-refractivity contribution < 1.29 is 9.53 Å². The molecule has 0 spiro atoms. The lowest BCUT2D eigenvalue weighted by molar-refractivity contribution is 0.211. The summed E-state index contributed by atoms with van der Waals surface area (Å²) in [5, 5.41) is 3.04. The van der Waals surface area contributed by atoms with Gasteiger partial charge in [0.05, 0.1) is 7.11 Å². The second kappa shape index (κ2) is 11.2. The zero-order valence-electron chi connectivity index (χ0n) is 19.0. The number of rotatable bonds is 4. The van der Waals surface area contributed by atoms with E-state index >= 15 is 0 Å². The molecule has 0 unspecified atom stereocenters. The van der Waals surface area contributed by atoms with E-state index in [0.29, 0.717) is 6.54 Å². The number of nitrogens with one attached hydrogen (secondary N) is 1. The van der Waals surface area contributed by atoms with Crippen LogP contribution in [0, 0.1) is 11.8 Å². The summed E-state index contributed by atoms with van der Waals surface area (Å²) in [5.41, 5.74) is 3.86. The Bertz CT molecular complexity index is 1120. The lowest BCUT2D eigenvalue weighted by atomic mass is 10.1. The van der Waals surface area contributed by atoms with E-state index in [9.17, 15) is 4.79 Å². The average Bonchev–Trinajstić information content (AvgIpc) is 3.10. The van der Waals surface area contributed by atoms with E-state index in [0.717, 1.165) is 55.2 Å². The zero-order chi connectivity index (χ0) is 22.9. The largest absolute Gasteiger partial charge is 0.497 e. The van der Waals surface area contributed by atoms with Crippen molar-refractivity contribution in [3.8, 4) is 17.6 Å². The molecule has 0 aliphatic carbocycles. The Morgan fingerprint density at radius 3 is 2.42 bits per heavy atom. The molecule has 0 bridgehead atoms. The van der Waals surface area contributed by atoms with Crippen LogP contribution in [-0.2, 0) is 6.54 Å². The molecule has 1 heterocycles. The Morgan fingerprint density at radius 1 is 0.879 bits per heavy atom. The summed E-state index contributed by atoms with van der Waals surface area (Å²) in [5.74, 6) is 7.20. The number of ether oxygens (including phenoxy) is 1. The van der Waals surface area contributed by atoms with Crippen LogP contribution in [0.25, 0.3) is 0 Å². The SMILES string of the molecule is COc1ccc(CN2CCCN(C(=O)Nc3cccc(C#Cc4ccccc4)c3)CC2)cc1. The van der Waals surface area contributed by atoms with Crippen molar-refractivity contribution >= 4 is 11.7 Å². The Hall–Kier alpha value is -3.75. The van der Waals surface area contributed by atoms with Crippen molar-refractivity contribution in [3.05, 3.63) is 95.6 Å². The van der Waals surface area contributed by atoms with Crippen molar-refractivity contribution in [2.75, 3.05) is 38.6 Å². The first-order chi connectivity index (χ1) is 16.2. The Morgan fingerprint density at radius 2 is 1.64 bits per heavy atom. The molecule has 0 radical (unpaired) electrons. The molecule has 5 heteroatoms. The number of urea groups is 1. The topological polar surface area (TPSA) is 44.8 Å². The predicted molar refractivity (Wildman–Crippen MR) is 132 cm³/mol. The quantitative estimate of drug-likeness (QED) is 0.592. The number of nitrogens with zero attached hydrogens (tertiary/aromatic N) is 2. The number of hydrogen-bond donors (Lipinski definition) is 1. The van der Waals surface area contributed by atoms with Gasteiger partial charge in [0.1, 0.15) is 5.75 Å². The van der Waals surface area contributed by atoms with E-state index in [1.807, 2.05) is 71.6 Å². The minimum Gasteiger partial charge on any atom is -0.497 e.